The zero-order chi connectivity index (χ0) is 18.7. The van der Waals surface area contributed by atoms with Crippen LogP contribution in [-0.2, 0) is 14.8 Å². The molecule has 9 heteroatoms. The molecule has 2 heterocycles. The van der Waals surface area contributed by atoms with E-state index in [2.05, 4.69) is 10.6 Å². The average Bonchev–Trinajstić information content (AvgIpc) is 2.96. The third-order valence-corrected chi connectivity index (χ3v) is 6.28. The van der Waals surface area contributed by atoms with Gasteiger partial charge in [-0.05, 0) is 32.9 Å². The van der Waals surface area contributed by atoms with Gasteiger partial charge in [-0.15, -0.1) is 0 Å². The van der Waals surface area contributed by atoms with E-state index in [0.29, 0.717) is 13.2 Å². The van der Waals surface area contributed by atoms with Gasteiger partial charge in [-0.3, -0.25) is 4.79 Å². The fourth-order valence-electron chi connectivity index (χ4n) is 2.99. The Morgan fingerprint density at radius 2 is 2.04 bits per heavy atom. The van der Waals surface area contributed by atoms with Crippen LogP contribution in [-0.4, -0.2) is 66.1 Å². The zero-order valence-corrected chi connectivity index (χ0v) is 16.0. The number of carbonyl (C=O) groups is 1. The minimum absolute atomic E-state index is 0.105. The highest BCUT2D eigenvalue weighted by atomic mass is 32.2. The number of methoxy groups -OCH3 is 1. The monoisotopic (exact) mass is 373 g/mol. The molecule has 0 bridgehead atoms. The minimum atomic E-state index is -3.71. The Kier molecular flexibility index (Phi) is 6.26. The van der Waals surface area contributed by atoms with Gasteiger partial charge in [-0.25, -0.2) is 12.7 Å². The Balaban J connectivity index is 2.12. The molecule has 1 aliphatic heterocycles. The van der Waals surface area contributed by atoms with Crippen molar-refractivity contribution in [1.82, 2.24) is 14.9 Å². The van der Waals surface area contributed by atoms with Gasteiger partial charge in [0, 0.05) is 39.2 Å². The number of furan rings is 1. The molecule has 0 atom stereocenters. The van der Waals surface area contributed by atoms with Crippen molar-refractivity contribution < 1.29 is 22.4 Å². The second kappa shape index (κ2) is 7.86. The quantitative estimate of drug-likeness (QED) is 0.725. The Bertz CT molecular complexity index is 700. The number of piperidine rings is 1. The van der Waals surface area contributed by atoms with Gasteiger partial charge in [0.1, 0.15) is 5.76 Å². The van der Waals surface area contributed by atoms with Gasteiger partial charge < -0.3 is 19.8 Å². The largest absolute Gasteiger partial charge is 0.448 e. The average molecular weight is 373 g/mol. The van der Waals surface area contributed by atoms with Gasteiger partial charge >= 0.3 is 0 Å². The van der Waals surface area contributed by atoms with Gasteiger partial charge in [-0.1, -0.05) is 0 Å². The number of hydrogen-bond acceptors (Lipinski definition) is 6. The van der Waals surface area contributed by atoms with Crippen molar-refractivity contribution in [2.45, 2.75) is 24.9 Å². The predicted molar refractivity (Wildman–Crippen MR) is 93.1 cm³/mol. The van der Waals surface area contributed by atoms with Crippen LogP contribution in [0.5, 0.6) is 0 Å². The summed E-state index contributed by atoms with van der Waals surface area (Å²) in [4.78, 5) is 12.5. The highest BCUT2D eigenvalue weighted by Crippen LogP contribution is 2.28. The molecule has 2 rings (SSSR count). The lowest BCUT2D eigenvalue weighted by atomic mass is 9.79. The molecule has 0 aliphatic carbocycles. The van der Waals surface area contributed by atoms with E-state index in [-0.39, 0.29) is 27.7 Å². The van der Waals surface area contributed by atoms with Crippen LogP contribution in [0.3, 0.4) is 0 Å². The van der Waals surface area contributed by atoms with Gasteiger partial charge in [0.15, 0.2) is 0 Å². The van der Waals surface area contributed by atoms with Crippen LogP contribution in [0.4, 0.5) is 0 Å². The molecule has 0 aromatic carbocycles. The predicted octanol–water partition coefficient (Wildman–Crippen LogP) is 0.584. The van der Waals surface area contributed by atoms with Crippen LogP contribution in [0.15, 0.2) is 15.6 Å². The molecular weight excluding hydrogens is 346 g/mol. The molecule has 2 N–H and O–H groups in total. The first-order chi connectivity index (χ1) is 11.7. The summed E-state index contributed by atoms with van der Waals surface area (Å²) in [6, 6.07) is 1.28. The fourth-order valence-corrected chi connectivity index (χ4v) is 3.84. The van der Waals surface area contributed by atoms with Crippen molar-refractivity contribution in [2.24, 2.45) is 5.41 Å². The molecule has 0 unspecified atom stereocenters. The van der Waals surface area contributed by atoms with Gasteiger partial charge in [0.05, 0.1) is 12.2 Å². The molecule has 1 saturated heterocycles. The van der Waals surface area contributed by atoms with Crippen molar-refractivity contribution in [3.63, 3.8) is 0 Å². The topological polar surface area (TPSA) is 101 Å². The van der Waals surface area contributed by atoms with E-state index in [1.807, 2.05) is 0 Å². The first kappa shape index (κ1) is 19.9. The molecule has 1 aromatic rings. The van der Waals surface area contributed by atoms with Gasteiger partial charge in [-0.2, -0.15) is 0 Å². The maximum absolute atomic E-state index is 12.5. The van der Waals surface area contributed by atoms with Crippen molar-refractivity contribution in [3.8, 4) is 0 Å². The normalized spacial score (nSPS) is 17.6. The first-order valence-corrected chi connectivity index (χ1v) is 9.67. The first-order valence-electron chi connectivity index (χ1n) is 8.23. The molecule has 1 aromatic heterocycles. The van der Waals surface area contributed by atoms with Gasteiger partial charge in [0.2, 0.25) is 5.09 Å². The maximum atomic E-state index is 12.5. The van der Waals surface area contributed by atoms with E-state index in [0.717, 1.165) is 30.2 Å². The maximum Gasteiger partial charge on any atom is 0.275 e. The van der Waals surface area contributed by atoms with Gasteiger partial charge in [0.25, 0.3) is 15.9 Å². The summed E-state index contributed by atoms with van der Waals surface area (Å²) in [7, 11) is 0.778. The molecule has 1 fully saturated rings. The van der Waals surface area contributed by atoms with E-state index in [1.165, 1.54) is 20.2 Å². The molecule has 0 radical (unpaired) electrons. The highest BCUT2D eigenvalue weighted by molar-refractivity contribution is 7.88. The number of hydrogen-bond donors (Lipinski definition) is 2. The number of ether oxygens (including phenoxy) is 1. The lowest BCUT2D eigenvalue weighted by Gasteiger charge is -2.37. The number of carbonyl (C=O) groups excluding carboxylic acids is 1. The summed E-state index contributed by atoms with van der Waals surface area (Å²) < 4.78 is 36.0. The summed E-state index contributed by atoms with van der Waals surface area (Å²) in [5.41, 5.74) is 0.133. The lowest BCUT2D eigenvalue weighted by molar-refractivity contribution is 0.0511. The number of nitrogens with one attached hydrogen (secondary N) is 2. The smallest absolute Gasteiger partial charge is 0.275 e. The SMILES string of the molecule is COCC1(CNC(=O)c2cc(S(=O)(=O)N(C)C)oc2C)CCNCC1. The molecule has 0 saturated carbocycles. The Hall–Kier alpha value is -1.42. The molecule has 1 amide bonds. The summed E-state index contributed by atoms with van der Waals surface area (Å²) >= 11 is 0. The highest BCUT2D eigenvalue weighted by Gasteiger charge is 2.33. The second-order valence-corrected chi connectivity index (χ2v) is 8.77. The molecule has 1 aliphatic rings. The number of nitrogens with zero attached hydrogens (tertiary/aromatic N) is 1. The third kappa shape index (κ3) is 4.41. The van der Waals surface area contributed by atoms with E-state index in [4.69, 9.17) is 9.15 Å². The fraction of sp³-hybridized carbons (Fsp3) is 0.688. The van der Waals surface area contributed by atoms with Crippen LogP contribution in [0.25, 0.3) is 0 Å². The van der Waals surface area contributed by atoms with E-state index < -0.39 is 10.0 Å². The second-order valence-electron chi connectivity index (χ2n) is 6.69. The summed E-state index contributed by atoms with van der Waals surface area (Å²) in [5, 5.41) is 5.99. The summed E-state index contributed by atoms with van der Waals surface area (Å²) in [6.07, 6.45) is 1.82. The number of aryl methyl sites for hydroxylation is 1. The lowest BCUT2D eigenvalue weighted by Crippen LogP contribution is -2.47. The summed E-state index contributed by atoms with van der Waals surface area (Å²) in [6.45, 7) is 4.39. The molecule has 142 valence electrons. The Labute approximate surface area is 148 Å². The van der Waals surface area contributed by atoms with Crippen LogP contribution in [0.1, 0.15) is 29.0 Å². The molecule has 8 nitrogen and oxygen atoms in total. The van der Waals surface area contributed by atoms with Crippen LogP contribution >= 0.6 is 0 Å². The summed E-state index contributed by atoms with van der Waals surface area (Å²) in [5.74, 6) is -0.0560. The zero-order valence-electron chi connectivity index (χ0n) is 15.2. The van der Waals surface area contributed by atoms with Crippen molar-refractivity contribution >= 4 is 15.9 Å². The number of amides is 1. The van der Waals surface area contributed by atoms with Crippen molar-refractivity contribution in [1.29, 1.82) is 0 Å². The number of sulfonamides is 1. The van der Waals surface area contributed by atoms with Crippen molar-refractivity contribution in [3.05, 3.63) is 17.4 Å². The Morgan fingerprint density at radius 1 is 1.40 bits per heavy atom. The standard InChI is InChI=1S/C16H27N3O5S/c1-12-13(9-14(24-12)25(21,22)19(2)3)15(20)18-10-16(11-23-4)5-7-17-8-6-16/h9,17H,5-8,10-11H2,1-4H3,(H,18,20). The minimum Gasteiger partial charge on any atom is -0.448 e. The van der Waals surface area contributed by atoms with Crippen LogP contribution < -0.4 is 10.6 Å². The molecular formula is C16H27N3O5S. The van der Waals surface area contributed by atoms with E-state index >= 15 is 0 Å². The van der Waals surface area contributed by atoms with E-state index in [9.17, 15) is 13.2 Å². The van der Waals surface area contributed by atoms with Crippen LogP contribution in [0.2, 0.25) is 0 Å². The van der Waals surface area contributed by atoms with E-state index in [1.54, 1.807) is 14.0 Å². The third-order valence-electron chi connectivity index (χ3n) is 4.61. The molecule has 25 heavy (non-hydrogen) atoms. The van der Waals surface area contributed by atoms with Crippen molar-refractivity contribution in [2.75, 3.05) is 47.4 Å². The van der Waals surface area contributed by atoms with Crippen LogP contribution in [0, 0.1) is 12.3 Å². The molecule has 0 spiro atoms. The Morgan fingerprint density at radius 3 is 2.60 bits per heavy atom. The number of rotatable bonds is 7.